The number of para-hydroxylation sites is 1. The Morgan fingerprint density at radius 1 is 1.09 bits per heavy atom. The lowest BCUT2D eigenvalue weighted by Crippen LogP contribution is -2.18. The van der Waals surface area contributed by atoms with E-state index in [1.807, 2.05) is 25.1 Å². The van der Waals surface area contributed by atoms with E-state index < -0.39 is 0 Å². The predicted octanol–water partition coefficient (Wildman–Crippen LogP) is 5.10. The summed E-state index contributed by atoms with van der Waals surface area (Å²) in [5.74, 6) is 0.418. The van der Waals surface area contributed by atoms with Gasteiger partial charge in [-0.3, -0.25) is 9.78 Å². The number of fused-ring (bicyclic) bond motifs is 1. The number of hydrogen-bond acceptors (Lipinski definition) is 5. The van der Waals surface area contributed by atoms with Crippen molar-refractivity contribution in [3.63, 3.8) is 0 Å². The van der Waals surface area contributed by atoms with E-state index in [1.54, 1.807) is 31.4 Å². The molecule has 6 nitrogen and oxygen atoms in total. The number of amides is 1. The van der Waals surface area contributed by atoms with Gasteiger partial charge in [-0.25, -0.2) is 14.4 Å². The van der Waals surface area contributed by atoms with Crippen LogP contribution in [0.15, 0.2) is 61.1 Å². The van der Waals surface area contributed by atoms with Crippen LogP contribution < -0.4 is 10.6 Å². The summed E-state index contributed by atoms with van der Waals surface area (Å²) in [6.45, 7) is 4.66. The van der Waals surface area contributed by atoms with Crippen molar-refractivity contribution >= 4 is 22.6 Å². The fraction of sp³-hybridized carbons (Fsp3) is 0.231. The van der Waals surface area contributed by atoms with Crippen molar-refractivity contribution in [2.45, 2.75) is 26.2 Å². The molecule has 0 aliphatic heterocycles. The molecule has 0 saturated carbocycles. The molecule has 0 fully saturated rings. The van der Waals surface area contributed by atoms with Crippen molar-refractivity contribution in [2.24, 2.45) is 0 Å². The van der Waals surface area contributed by atoms with E-state index >= 15 is 0 Å². The number of halogens is 1. The maximum atomic E-state index is 14.3. The molecule has 0 aliphatic carbocycles. The third-order valence-corrected chi connectivity index (χ3v) is 5.76. The molecular formula is C26H26FN5O. The number of nitrogens with zero attached hydrogens (tertiary/aromatic N) is 3. The first-order valence-corrected chi connectivity index (χ1v) is 10.9. The number of nitrogens with one attached hydrogen (secondary N) is 2. The average Bonchev–Trinajstić information content (AvgIpc) is 2.83. The van der Waals surface area contributed by atoms with Crippen LogP contribution in [0.1, 0.15) is 40.7 Å². The molecule has 4 aromatic rings. The molecule has 0 aliphatic rings. The van der Waals surface area contributed by atoms with Gasteiger partial charge in [0.05, 0.1) is 16.8 Å². The quantitative estimate of drug-likeness (QED) is 0.415. The van der Waals surface area contributed by atoms with Gasteiger partial charge in [0.2, 0.25) is 0 Å². The average molecular weight is 444 g/mol. The summed E-state index contributed by atoms with van der Waals surface area (Å²) in [6, 6.07) is 14.5. The lowest BCUT2D eigenvalue weighted by Gasteiger charge is -2.16. The molecule has 2 N–H and O–H groups in total. The lowest BCUT2D eigenvalue weighted by atomic mass is 9.93. The molecule has 1 unspecified atom stereocenters. The topological polar surface area (TPSA) is 79.8 Å². The first-order valence-electron chi connectivity index (χ1n) is 10.9. The number of aromatic nitrogens is 3. The highest BCUT2D eigenvalue weighted by Crippen LogP contribution is 2.28. The number of carbonyl (C=O) groups is 1. The van der Waals surface area contributed by atoms with Gasteiger partial charge in [-0.2, -0.15) is 0 Å². The molecule has 2 heterocycles. The molecule has 0 saturated heterocycles. The standard InChI is InChI=1S/C26H26FN5O/c1-16-7-8-21(22(27)13-16)23-14-24(32-15-31-23)29-11-9-17(2)18-5-4-6-19-20(26(33)28-3)10-12-30-25(18)19/h4-8,10,12-15,17H,9,11H2,1-3H3,(H,28,33)(H,29,31,32). The fourth-order valence-electron chi connectivity index (χ4n) is 3.93. The summed E-state index contributed by atoms with van der Waals surface area (Å²) in [5.41, 5.74) is 4.40. The zero-order valence-electron chi connectivity index (χ0n) is 18.9. The van der Waals surface area contributed by atoms with Gasteiger partial charge in [0.25, 0.3) is 5.91 Å². The summed E-state index contributed by atoms with van der Waals surface area (Å²) >= 11 is 0. The summed E-state index contributed by atoms with van der Waals surface area (Å²) in [7, 11) is 1.62. The minimum atomic E-state index is -0.298. The van der Waals surface area contributed by atoms with Gasteiger partial charge >= 0.3 is 0 Å². The monoisotopic (exact) mass is 443 g/mol. The Morgan fingerprint density at radius 3 is 2.73 bits per heavy atom. The Hall–Kier alpha value is -3.87. The molecule has 7 heteroatoms. The highest BCUT2D eigenvalue weighted by molar-refractivity contribution is 6.06. The lowest BCUT2D eigenvalue weighted by molar-refractivity contribution is 0.0964. The molecular weight excluding hydrogens is 417 g/mol. The molecule has 0 spiro atoms. The molecule has 4 rings (SSSR count). The van der Waals surface area contributed by atoms with Gasteiger partial charge in [-0.05, 0) is 48.6 Å². The first kappa shape index (κ1) is 22.3. The Morgan fingerprint density at radius 2 is 1.94 bits per heavy atom. The van der Waals surface area contributed by atoms with E-state index in [2.05, 4.69) is 38.6 Å². The second-order valence-corrected chi connectivity index (χ2v) is 8.07. The highest BCUT2D eigenvalue weighted by atomic mass is 19.1. The zero-order valence-corrected chi connectivity index (χ0v) is 18.9. The summed E-state index contributed by atoms with van der Waals surface area (Å²) in [4.78, 5) is 25.3. The molecule has 2 aromatic carbocycles. The van der Waals surface area contributed by atoms with Crippen molar-refractivity contribution < 1.29 is 9.18 Å². The van der Waals surface area contributed by atoms with E-state index in [0.717, 1.165) is 28.5 Å². The SMILES string of the molecule is CNC(=O)c1ccnc2c(C(C)CCNc3cc(-c4ccc(C)cc4F)ncn3)cccc12. The van der Waals surface area contributed by atoms with Crippen LogP contribution in [0.3, 0.4) is 0 Å². The second kappa shape index (κ2) is 9.73. The summed E-state index contributed by atoms with van der Waals surface area (Å²) in [5, 5.41) is 6.84. The molecule has 168 valence electrons. The van der Waals surface area contributed by atoms with Crippen LogP contribution in [0.25, 0.3) is 22.2 Å². The first-order chi connectivity index (χ1) is 16.0. The Labute approximate surface area is 192 Å². The Bertz CT molecular complexity index is 1310. The van der Waals surface area contributed by atoms with Crippen molar-refractivity contribution in [3.8, 4) is 11.3 Å². The van der Waals surface area contributed by atoms with E-state index in [-0.39, 0.29) is 17.6 Å². The van der Waals surface area contributed by atoms with Crippen LogP contribution in [0.5, 0.6) is 0 Å². The number of aryl methyl sites for hydroxylation is 1. The summed E-state index contributed by atoms with van der Waals surface area (Å²) < 4.78 is 14.3. The van der Waals surface area contributed by atoms with Crippen molar-refractivity contribution in [2.75, 3.05) is 18.9 Å². The minimum Gasteiger partial charge on any atom is -0.370 e. The van der Waals surface area contributed by atoms with Gasteiger partial charge in [0.1, 0.15) is 18.0 Å². The van der Waals surface area contributed by atoms with Gasteiger partial charge < -0.3 is 10.6 Å². The zero-order chi connectivity index (χ0) is 23.4. The molecule has 1 amide bonds. The van der Waals surface area contributed by atoms with Crippen LogP contribution in [-0.4, -0.2) is 34.5 Å². The number of pyridine rings is 1. The molecule has 0 bridgehead atoms. The molecule has 33 heavy (non-hydrogen) atoms. The van der Waals surface area contributed by atoms with Gasteiger partial charge in [-0.15, -0.1) is 0 Å². The van der Waals surface area contributed by atoms with Gasteiger partial charge in [0, 0.05) is 36.8 Å². The predicted molar refractivity (Wildman–Crippen MR) is 129 cm³/mol. The fourth-order valence-corrected chi connectivity index (χ4v) is 3.93. The maximum Gasteiger partial charge on any atom is 0.251 e. The smallest absolute Gasteiger partial charge is 0.251 e. The van der Waals surface area contributed by atoms with Crippen molar-refractivity contribution in [1.29, 1.82) is 0 Å². The maximum absolute atomic E-state index is 14.3. The summed E-state index contributed by atoms with van der Waals surface area (Å²) in [6.07, 6.45) is 3.94. The number of hydrogen-bond donors (Lipinski definition) is 2. The van der Waals surface area contributed by atoms with Crippen LogP contribution in [0, 0.1) is 12.7 Å². The molecule has 2 aromatic heterocycles. The van der Waals surface area contributed by atoms with Crippen LogP contribution in [-0.2, 0) is 0 Å². The largest absolute Gasteiger partial charge is 0.370 e. The van der Waals surface area contributed by atoms with Crippen molar-refractivity contribution in [3.05, 3.63) is 83.6 Å². The van der Waals surface area contributed by atoms with E-state index in [9.17, 15) is 9.18 Å². The normalized spacial score (nSPS) is 11.9. The third kappa shape index (κ3) is 4.82. The third-order valence-electron chi connectivity index (χ3n) is 5.76. The Kier molecular flexibility index (Phi) is 6.58. The van der Waals surface area contributed by atoms with Crippen molar-refractivity contribution in [1.82, 2.24) is 20.3 Å². The minimum absolute atomic E-state index is 0.126. The van der Waals surface area contributed by atoms with E-state index in [1.165, 1.54) is 12.4 Å². The van der Waals surface area contributed by atoms with Crippen LogP contribution >= 0.6 is 0 Å². The number of rotatable bonds is 7. The van der Waals surface area contributed by atoms with Crippen LogP contribution in [0.4, 0.5) is 10.2 Å². The molecule has 0 radical (unpaired) electrons. The molecule has 1 atom stereocenters. The highest BCUT2D eigenvalue weighted by Gasteiger charge is 2.15. The van der Waals surface area contributed by atoms with Crippen LogP contribution in [0.2, 0.25) is 0 Å². The van der Waals surface area contributed by atoms with E-state index in [4.69, 9.17) is 0 Å². The van der Waals surface area contributed by atoms with E-state index in [0.29, 0.717) is 29.2 Å². The second-order valence-electron chi connectivity index (χ2n) is 8.07. The van der Waals surface area contributed by atoms with Gasteiger partial charge in [0.15, 0.2) is 0 Å². The number of carbonyl (C=O) groups excluding carboxylic acids is 1. The number of anilines is 1. The van der Waals surface area contributed by atoms with Gasteiger partial charge in [-0.1, -0.05) is 31.2 Å². The Balaban J connectivity index is 1.48. The number of benzene rings is 2.